The van der Waals surface area contributed by atoms with Gasteiger partial charge >= 0.3 is 18.2 Å². The Morgan fingerprint density at radius 3 is 1.40 bits per heavy atom. The topological polar surface area (TPSA) is 519 Å². The number of alkyl carbamates (subject to hydrolysis) is 2. The Hall–Kier alpha value is -11.2. The van der Waals surface area contributed by atoms with Crippen LogP contribution in [-0.2, 0) is 93.0 Å². The average Bonchev–Trinajstić information content (AvgIpc) is 1.68. The van der Waals surface area contributed by atoms with Gasteiger partial charge in [0, 0.05) is 57.9 Å². The van der Waals surface area contributed by atoms with E-state index in [0.29, 0.717) is 41.7 Å². The SMILES string of the molecule is COC(=O)[C@@H](CCSC)NC(=O)[C@H](CC(C)C)SCCNC(=O)[C@H](Cc1ccccc1)NC(=O)[C@@H](Cc1ccccc1)NC(=O)[C@H](CCCN=C(N)N)NC(=O)[C@H](CC(N)=O)NC(=O)[C@@H]1CCCN1C(=O)[C@H](CCCCNC(=O)OCc1ccccc1)NC(=O)[C@@H]1CCCN1C(=O)[C@H](CCCN=C(N)N)NC(=O)OCc1ccccc1. The van der Waals surface area contributed by atoms with E-state index in [1.807, 2.05) is 26.2 Å². The van der Waals surface area contributed by atoms with Gasteiger partial charge in [-0.15, -0.1) is 11.8 Å². The van der Waals surface area contributed by atoms with Gasteiger partial charge in [0.05, 0.1) is 18.8 Å². The van der Waals surface area contributed by atoms with Gasteiger partial charge in [-0.1, -0.05) is 135 Å². The highest BCUT2D eigenvalue weighted by Gasteiger charge is 2.43. The number of nitrogens with zero attached hydrogens (tertiary/aromatic N) is 4. The van der Waals surface area contributed by atoms with Crippen molar-refractivity contribution in [3.63, 3.8) is 0 Å². The molecule has 0 radical (unpaired) electrons. The maximum Gasteiger partial charge on any atom is 0.408 e. The molecule has 0 aromatic heterocycles. The summed E-state index contributed by atoms with van der Waals surface area (Å²) < 4.78 is 15.8. The number of carbonyl (C=O) groups excluding carboxylic acids is 13. The maximum atomic E-state index is 15.2. The zero-order valence-electron chi connectivity index (χ0n) is 66.3. The summed E-state index contributed by atoms with van der Waals surface area (Å²) in [7, 11) is 1.26. The Morgan fingerprint density at radius 1 is 0.466 bits per heavy atom. The lowest BCUT2D eigenvalue weighted by Gasteiger charge is -2.32. The third kappa shape index (κ3) is 33.7. The third-order valence-corrected chi connectivity index (χ3v) is 20.9. The molecule has 34 nitrogen and oxygen atoms in total. The second kappa shape index (κ2) is 50.9. The van der Waals surface area contributed by atoms with Crippen molar-refractivity contribution in [2.45, 2.75) is 189 Å². The standard InChI is InChI=1S/C80H114N18O16S2/c1-51(2)45-65(73(106)92-59(36-43-115-4)76(109)112-3)116-44-40-86-67(100)60(46-52-23-9-5-10-24-52)93-69(102)61(47-53-25-11-6-12-26-53)94-68(101)56(32-19-38-87-77(82)83)90-70(103)62(48-66(81)99)95-72(105)64-35-22-41-97(64)74(107)57(31-17-18-37-89-79(110)113-49-54-27-13-7-14-28-54)91-71(104)63-34-21-42-98(63)75(108)58(33-20-39-88-78(84)85)96-80(111)114-50-55-29-15-8-16-30-55/h5-16,23-30,51,56-65H,17-22,31-50H2,1-4H3,(H2,81,99)(H,86,100)(H,89,110)(H,90,103)(H,91,104)(H,92,106)(H,93,102)(H,94,101)(H,95,105)(H,96,111)(H4,82,83,87)(H4,84,85,88)/t56-,57-,58-,59+,60-,61+,62-,63-,64-,65-/m0/s1. The smallest absolute Gasteiger partial charge is 0.408 e. The summed E-state index contributed by atoms with van der Waals surface area (Å²) in [6.45, 7) is 4.17. The lowest BCUT2D eigenvalue weighted by molar-refractivity contribution is -0.145. The van der Waals surface area contributed by atoms with Gasteiger partial charge in [-0.3, -0.25) is 57.9 Å². The minimum Gasteiger partial charge on any atom is -0.467 e. The van der Waals surface area contributed by atoms with Crippen LogP contribution < -0.4 is 76.5 Å². The Labute approximate surface area is 685 Å². The van der Waals surface area contributed by atoms with Crippen LogP contribution >= 0.6 is 23.5 Å². The van der Waals surface area contributed by atoms with E-state index in [-0.39, 0.29) is 159 Å². The molecule has 0 bridgehead atoms. The number of likely N-dealkylation sites (tertiary alicyclic amines) is 2. The van der Waals surface area contributed by atoms with Gasteiger partial charge < -0.3 is 101 Å². The van der Waals surface area contributed by atoms with Crippen molar-refractivity contribution in [1.82, 2.24) is 57.7 Å². The van der Waals surface area contributed by atoms with Crippen LogP contribution in [0.25, 0.3) is 0 Å². The second-order valence-electron chi connectivity index (χ2n) is 28.5. The van der Waals surface area contributed by atoms with Gasteiger partial charge in [-0.25, -0.2) is 14.4 Å². The van der Waals surface area contributed by atoms with Crippen LogP contribution in [0.5, 0.6) is 0 Å². The summed E-state index contributed by atoms with van der Waals surface area (Å²) >= 11 is 2.82. The first-order valence-corrected chi connectivity index (χ1v) is 41.5. The number of primary amides is 1. The summed E-state index contributed by atoms with van der Waals surface area (Å²) in [6.07, 6.45) is 1.65. The fourth-order valence-electron chi connectivity index (χ4n) is 13.1. The molecule has 2 aliphatic rings. The van der Waals surface area contributed by atoms with Gasteiger partial charge in [0.25, 0.3) is 0 Å². The quantitative estimate of drug-likeness (QED) is 0.00987. The van der Waals surface area contributed by atoms with E-state index in [1.165, 1.54) is 40.4 Å². The molecule has 4 aromatic rings. The molecule has 2 heterocycles. The number of rotatable bonds is 49. The molecule has 0 unspecified atom stereocenters. The van der Waals surface area contributed by atoms with Gasteiger partial charge in [-0.2, -0.15) is 11.8 Å². The minimum absolute atomic E-state index is 0.00244. The third-order valence-electron chi connectivity index (χ3n) is 19.0. The number of ether oxygens (including phenoxy) is 3. The fourth-order valence-corrected chi connectivity index (χ4v) is 14.8. The second-order valence-corrected chi connectivity index (χ2v) is 30.8. The molecule has 0 saturated carbocycles. The normalized spacial score (nSPS) is 15.7. The molecule has 19 N–H and O–H groups in total. The number of carbonyl (C=O) groups is 13. The Morgan fingerprint density at radius 2 is 0.905 bits per heavy atom. The lowest BCUT2D eigenvalue weighted by Crippen LogP contribution is -2.60. The van der Waals surface area contributed by atoms with Crippen molar-refractivity contribution in [2.75, 3.05) is 64.1 Å². The highest BCUT2D eigenvalue weighted by molar-refractivity contribution is 8.00. The van der Waals surface area contributed by atoms with Crippen molar-refractivity contribution in [1.29, 1.82) is 0 Å². The van der Waals surface area contributed by atoms with E-state index >= 15 is 4.79 Å². The molecule has 12 amide bonds. The number of amides is 12. The van der Waals surface area contributed by atoms with Crippen molar-refractivity contribution in [3.8, 4) is 0 Å². The van der Waals surface area contributed by atoms with Crippen molar-refractivity contribution in [2.24, 2.45) is 44.6 Å². The molecule has 116 heavy (non-hydrogen) atoms. The molecular weight excluding hydrogens is 1530 g/mol. The number of aliphatic imine (C=N–C) groups is 2. The van der Waals surface area contributed by atoms with Crippen LogP contribution in [0, 0.1) is 5.92 Å². The number of nitrogens with two attached hydrogens (primary N) is 5. The van der Waals surface area contributed by atoms with Crippen molar-refractivity contribution < 1.29 is 76.5 Å². The number of guanidine groups is 2. The van der Waals surface area contributed by atoms with Gasteiger partial charge in [-0.05, 0) is 124 Å². The van der Waals surface area contributed by atoms with E-state index in [9.17, 15) is 57.5 Å². The Kier molecular flexibility index (Phi) is 41.1. The molecule has 632 valence electrons. The molecule has 0 aliphatic carbocycles. The lowest BCUT2D eigenvalue weighted by atomic mass is 10.0. The molecule has 2 aliphatic heterocycles. The molecular formula is C80H114N18O16S2. The van der Waals surface area contributed by atoms with Crippen LogP contribution in [0.1, 0.15) is 126 Å². The first-order valence-electron chi connectivity index (χ1n) is 39.0. The molecule has 36 heteroatoms. The van der Waals surface area contributed by atoms with Crippen LogP contribution in [0.15, 0.2) is 131 Å². The Bertz CT molecular complexity index is 3910. The summed E-state index contributed by atoms with van der Waals surface area (Å²) in [4.78, 5) is 194. The zero-order chi connectivity index (χ0) is 84.3. The van der Waals surface area contributed by atoms with E-state index in [2.05, 4.69) is 57.8 Å². The monoisotopic (exact) mass is 1650 g/mol. The maximum absolute atomic E-state index is 15.2. The molecule has 4 aromatic carbocycles. The summed E-state index contributed by atoms with van der Waals surface area (Å²) in [6, 6.07) is 23.6. The number of thioether (sulfide) groups is 2. The molecule has 0 spiro atoms. The van der Waals surface area contributed by atoms with Crippen molar-refractivity contribution >= 4 is 113 Å². The number of hydrogen-bond acceptors (Lipinski definition) is 20. The largest absolute Gasteiger partial charge is 0.467 e. The van der Waals surface area contributed by atoms with Crippen LogP contribution in [-0.4, -0.2) is 223 Å². The number of nitrogens with one attached hydrogen (secondary N) is 9. The summed E-state index contributed by atoms with van der Waals surface area (Å²) in [5.41, 5.74) is 30.9. The number of esters is 1. The number of methoxy groups -OCH3 is 1. The van der Waals surface area contributed by atoms with Crippen LogP contribution in [0.2, 0.25) is 0 Å². The van der Waals surface area contributed by atoms with Gasteiger partial charge in [0.2, 0.25) is 59.1 Å². The van der Waals surface area contributed by atoms with Gasteiger partial charge in [0.1, 0.15) is 67.6 Å². The highest BCUT2D eigenvalue weighted by atomic mass is 32.2. The number of unbranched alkanes of at least 4 members (excludes halogenated alkanes) is 1. The summed E-state index contributed by atoms with van der Waals surface area (Å²) in [5, 5.41) is 24.2. The predicted molar refractivity (Wildman–Crippen MR) is 441 cm³/mol. The number of benzene rings is 4. The van der Waals surface area contributed by atoms with E-state index < -0.39 is 137 Å². The van der Waals surface area contributed by atoms with E-state index in [0.717, 1.165) is 5.56 Å². The Balaban J connectivity index is 1.21. The number of hydrogen-bond donors (Lipinski definition) is 14. The summed E-state index contributed by atoms with van der Waals surface area (Å²) in [5.74, 6) is -7.73. The fraction of sp³-hybridized carbons (Fsp3) is 0.512. The van der Waals surface area contributed by atoms with E-state index in [4.69, 9.17) is 42.9 Å². The van der Waals surface area contributed by atoms with E-state index in [1.54, 1.807) is 115 Å². The molecule has 6 rings (SSSR count). The van der Waals surface area contributed by atoms with Gasteiger partial charge in [0.15, 0.2) is 11.9 Å². The molecule has 10 atom stereocenters. The average molecular weight is 1650 g/mol. The molecule has 2 saturated heterocycles. The highest BCUT2D eigenvalue weighted by Crippen LogP contribution is 2.25. The first-order chi connectivity index (χ1) is 55.7. The van der Waals surface area contributed by atoms with Crippen molar-refractivity contribution in [3.05, 3.63) is 144 Å². The zero-order valence-corrected chi connectivity index (χ0v) is 67.9. The van der Waals surface area contributed by atoms with Crippen LogP contribution in [0.3, 0.4) is 0 Å². The first kappa shape index (κ1) is 93.7. The molecule has 2 fully saturated rings. The van der Waals surface area contributed by atoms with Crippen LogP contribution in [0.4, 0.5) is 9.59 Å². The minimum atomic E-state index is -1.78. The predicted octanol–water partition coefficient (Wildman–Crippen LogP) is 1.93.